The maximum absolute atomic E-state index is 12.1. The van der Waals surface area contributed by atoms with Crippen molar-refractivity contribution >= 4 is 21.8 Å². The molecule has 2 atom stereocenters. The van der Waals surface area contributed by atoms with Gasteiger partial charge in [0, 0.05) is 6.04 Å². The Hall–Kier alpha value is -0.0500. The SMILES string of the molecule is CCC(Br)C(=O)NC(C)C12CC3CC(CC(C3)C1)C2. The fourth-order valence-corrected chi connectivity index (χ4v) is 5.48. The first-order valence-electron chi connectivity index (χ1n) is 7.97. The van der Waals surface area contributed by atoms with Crippen LogP contribution in [0.25, 0.3) is 0 Å². The molecule has 108 valence electrons. The van der Waals surface area contributed by atoms with Gasteiger partial charge in [-0.25, -0.2) is 0 Å². The van der Waals surface area contributed by atoms with Crippen LogP contribution in [0.4, 0.5) is 0 Å². The van der Waals surface area contributed by atoms with E-state index in [0.717, 1.165) is 24.2 Å². The molecule has 0 aromatic carbocycles. The number of hydrogen-bond donors (Lipinski definition) is 1. The van der Waals surface area contributed by atoms with Gasteiger partial charge in [0.2, 0.25) is 5.91 Å². The van der Waals surface area contributed by atoms with E-state index in [1.807, 2.05) is 6.92 Å². The lowest BCUT2D eigenvalue weighted by Gasteiger charge is -2.59. The molecular weight excluding hydrogens is 302 g/mol. The minimum atomic E-state index is -0.0242. The van der Waals surface area contributed by atoms with E-state index in [4.69, 9.17) is 0 Å². The van der Waals surface area contributed by atoms with Gasteiger partial charge in [-0.2, -0.15) is 0 Å². The zero-order valence-corrected chi connectivity index (χ0v) is 13.7. The van der Waals surface area contributed by atoms with Gasteiger partial charge in [0.15, 0.2) is 0 Å². The second-order valence-electron chi connectivity index (χ2n) is 7.39. The third kappa shape index (κ3) is 2.48. The van der Waals surface area contributed by atoms with Gasteiger partial charge in [-0.3, -0.25) is 4.79 Å². The zero-order chi connectivity index (χ0) is 13.6. The summed E-state index contributed by atoms with van der Waals surface area (Å²) in [5.41, 5.74) is 0.421. The lowest BCUT2D eigenvalue weighted by atomic mass is 9.48. The maximum atomic E-state index is 12.1. The summed E-state index contributed by atoms with van der Waals surface area (Å²) < 4.78 is 0. The summed E-state index contributed by atoms with van der Waals surface area (Å²) in [6.07, 6.45) is 9.35. The number of nitrogens with one attached hydrogen (secondary N) is 1. The second-order valence-corrected chi connectivity index (χ2v) is 8.49. The molecule has 0 aliphatic heterocycles. The van der Waals surface area contributed by atoms with Crippen LogP contribution in [0.2, 0.25) is 0 Å². The largest absolute Gasteiger partial charge is 0.352 e. The highest BCUT2D eigenvalue weighted by molar-refractivity contribution is 9.10. The Kier molecular flexibility index (Phi) is 3.70. The summed E-state index contributed by atoms with van der Waals surface area (Å²) in [5, 5.41) is 3.30. The van der Waals surface area contributed by atoms with Crippen molar-refractivity contribution in [2.45, 2.75) is 69.7 Å². The average molecular weight is 328 g/mol. The molecule has 19 heavy (non-hydrogen) atoms. The summed E-state index contributed by atoms with van der Waals surface area (Å²) in [4.78, 5) is 12.1. The molecule has 3 heteroatoms. The Morgan fingerprint density at radius 2 is 1.68 bits per heavy atom. The number of carbonyl (C=O) groups excluding carboxylic acids is 1. The van der Waals surface area contributed by atoms with E-state index in [1.165, 1.54) is 38.5 Å². The standard InChI is InChI=1S/C16H26BrNO/c1-3-14(17)15(19)18-10(2)16-7-11-4-12(8-16)6-13(5-11)9-16/h10-14H,3-9H2,1-2H3,(H,18,19). The van der Waals surface area contributed by atoms with Crippen LogP contribution in [0.1, 0.15) is 58.8 Å². The third-order valence-corrected chi connectivity index (χ3v) is 7.07. The predicted octanol–water partition coefficient (Wildman–Crippen LogP) is 3.88. The monoisotopic (exact) mass is 327 g/mol. The predicted molar refractivity (Wildman–Crippen MR) is 81.2 cm³/mol. The highest BCUT2D eigenvalue weighted by atomic mass is 79.9. The van der Waals surface area contributed by atoms with E-state index in [9.17, 15) is 4.79 Å². The molecule has 1 N–H and O–H groups in total. The van der Waals surface area contributed by atoms with Crippen molar-refractivity contribution in [3.63, 3.8) is 0 Å². The molecule has 4 bridgehead atoms. The number of amides is 1. The molecule has 2 unspecified atom stereocenters. The average Bonchev–Trinajstić information content (AvgIpc) is 2.36. The molecule has 4 fully saturated rings. The molecule has 4 rings (SSSR count). The van der Waals surface area contributed by atoms with Crippen molar-refractivity contribution in [3.8, 4) is 0 Å². The molecule has 0 spiro atoms. The van der Waals surface area contributed by atoms with Crippen LogP contribution in [-0.2, 0) is 4.79 Å². The van der Waals surface area contributed by atoms with Gasteiger partial charge in [0.25, 0.3) is 0 Å². The number of hydrogen-bond acceptors (Lipinski definition) is 1. The topological polar surface area (TPSA) is 29.1 Å². The van der Waals surface area contributed by atoms with E-state index < -0.39 is 0 Å². The van der Waals surface area contributed by atoms with Crippen molar-refractivity contribution < 1.29 is 4.79 Å². The van der Waals surface area contributed by atoms with Gasteiger partial charge in [-0.1, -0.05) is 22.9 Å². The molecule has 0 saturated heterocycles. The van der Waals surface area contributed by atoms with Crippen molar-refractivity contribution in [2.75, 3.05) is 0 Å². The van der Waals surface area contributed by atoms with Gasteiger partial charge in [-0.15, -0.1) is 0 Å². The first-order chi connectivity index (χ1) is 9.02. The van der Waals surface area contributed by atoms with Crippen LogP contribution in [0.15, 0.2) is 0 Å². The highest BCUT2D eigenvalue weighted by Crippen LogP contribution is 2.61. The Labute approximate surface area is 125 Å². The van der Waals surface area contributed by atoms with E-state index in [2.05, 4.69) is 28.2 Å². The van der Waals surface area contributed by atoms with Crippen LogP contribution >= 0.6 is 15.9 Å². The molecule has 4 aliphatic carbocycles. The molecule has 0 radical (unpaired) electrons. The number of rotatable bonds is 4. The van der Waals surface area contributed by atoms with Crippen molar-refractivity contribution in [2.24, 2.45) is 23.2 Å². The summed E-state index contributed by atoms with van der Waals surface area (Å²) in [6.45, 7) is 4.30. The van der Waals surface area contributed by atoms with Gasteiger partial charge in [-0.05, 0) is 75.0 Å². The van der Waals surface area contributed by atoms with Gasteiger partial charge >= 0.3 is 0 Å². The Bertz CT molecular complexity index is 332. The van der Waals surface area contributed by atoms with Gasteiger partial charge in [0.05, 0.1) is 4.83 Å². The summed E-state index contributed by atoms with van der Waals surface area (Å²) in [6, 6.07) is 0.347. The van der Waals surface area contributed by atoms with Crippen molar-refractivity contribution in [1.82, 2.24) is 5.32 Å². The van der Waals surface area contributed by atoms with E-state index in [0.29, 0.717) is 11.5 Å². The Morgan fingerprint density at radius 1 is 1.21 bits per heavy atom. The fraction of sp³-hybridized carbons (Fsp3) is 0.938. The minimum absolute atomic E-state index is 0.0242. The van der Waals surface area contributed by atoms with Gasteiger partial charge < -0.3 is 5.32 Å². The Balaban J connectivity index is 1.69. The smallest absolute Gasteiger partial charge is 0.233 e. The molecule has 4 saturated carbocycles. The molecule has 0 aromatic heterocycles. The third-order valence-electron chi connectivity index (χ3n) is 6.01. The Morgan fingerprint density at radius 3 is 2.11 bits per heavy atom. The number of carbonyl (C=O) groups is 1. The lowest BCUT2D eigenvalue weighted by Crippen LogP contribution is -2.56. The molecule has 2 nitrogen and oxygen atoms in total. The molecule has 1 amide bonds. The maximum Gasteiger partial charge on any atom is 0.233 e. The lowest BCUT2D eigenvalue weighted by molar-refractivity contribution is -0.125. The van der Waals surface area contributed by atoms with E-state index in [1.54, 1.807) is 0 Å². The molecule has 4 aliphatic rings. The fourth-order valence-electron chi connectivity index (χ4n) is 5.35. The molecular formula is C16H26BrNO. The van der Waals surface area contributed by atoms with Crippen LogP contribution in [0.3, 0.4) is 0 Å². The molecule has 0 aromatic rings. The first-order valence-corrected chi connectivity index (χ1v) is 8.88. The first kappa shape index (κ1) is 13.9. The summed E-state index contributed by atoms with van der Waals surface area (Å²) in [5.74, 6) is 3.05. The number of alkyl halides is 1. The van der Waals surface area contributed by atoms with E-state index in [-0.39, 0.29) is 10.7 Å². The second kappa shape index (κ2) is 5.05. The van der Waals surface area contributed by atoms with Gasteiger partial charge in [0.1, 0.15) is 0 Å². The summed E-state index contributed by atoms with van der Waals surface area (Å²) >= 11 is 3.47. The van der Waals surface area contributed by atoms with Crippen molar-refractivity contribution in [1.29, 1.82) is 0 Å². The molecule has 0 heterocycles. The quantitative estimate of drug-likeness (QED) is 0.780. The highest BCUT2D eigenvalue weighted by Gasteiger charge is 2.53. The van der Waals surface area contributed by atoms with Crippen molar-refractivity contribution in [3.05, 3.63) is 0 Å². The normalized spacial score (nSPS) is 43.0. The van der Waals surface area contributed by atoms with Crippen LogP contribution in [-0.4, -0.2) is 16.8 Å². The zero-order valence-electron chi connectivity index (χ0n) is 12.1. The van der Waals surface area contributed by atoms with Crippen LogP contribution in [0, 0.1) is 23.2 Å². The van der Waals surface area contributed by atoms with E-state index >= 15 is 0 Å². The summed E-state index contributed by atoms with van der Waals surface area (Å²) in [7, 11) is 0. The van der Waals surface area contributed by atoms with Crippen LogP contribution in [0.5, 0.6) is 0 Å². The number of halogens is 1. The van der Waals surface area contributed by atoms with Crippen LogP contribution < -0.4 is 5.32 Å². The minimum Gasteiger partial charge on any atom is -0.352 e.